The van der Waals surface area contributed by atoms with E-state index in [1.807, 2.05) is 6.92 Å². The van der Waals surface area contributed by atoms with E-state index >= 15 is 0 Å². The number of hydrogen-bond donors (Lipinski definition) is 2. The second-order valence-corrected chi connectivity index (χ2v) is 4.20. The lowest BCUT2D eigenvalue weighted by Crippen LogP contribution is -2.04. The average Bonchev–Trinajstić information content (AvgIpc) is 2.88. The molecule has 0 fully saturated rings. The summed E-state index contributed by atoms with van der Waals surface area (Å²) in [7, 11) is 1.33. The summed E-state index contributed by atoms with van der Waals surface area (Å²) in [5, 5.41) is 3.12. The lowest BCUT2D eigenvalue weighted by Gasteiger charge is -2.08. The Morgan fingerprint density at radius 3 is 2.89 bits per heavy atom. The van der Waals surface area contributed by atoms with Gasteiger partial charge in [0, 0.05) is 11.4 Å². The molecule has 0 saturated carbocycles. The van der Waals surface area contributed by atoms with Gasteiger partial charge in [0.15, 0.2) is 0 Å². The first-order valence-electron chi connectivity index (χ1n) is 5.86. The Balaban J connectivity index is 2.04. The highest BCUT2D eigenvalue weighted by atomic mass is 19.1. The second kappa shape index (κ2) is 5.56. The zero-order chi connectivity index (χ0) is 13.8. The SMILES string of the molecule is COC(=O)c1ccc(CNc2cc(F)ccc2C)[nH]1. The fourth-order valence-corrected chi connectivity index (χ4v) is 1.75. The summed E-state index contributed by atoms with van der Waals surface area (Å²) < 4.78 is 17.7. The molecule has 5 heteroatoms. The van der Waals surface area contributed by atoms with E-state index < -0.39 is 5.97 Å². The molecule has 0 radical (unpaired) electrons. The maximum atomic E-state index is 13.1. The molecule has 4 nitrogen and oxygen atoms in total. The first-order valence-corrected chi connectivity index (χ1v) is 5.86. The van der Waals surface area contributed by atoms with Crippen molar-refractivity contribution in [2.24, 2.45) is 0 Å². The van der Waals surface area contributed by atoms with Gasteiger partial charge in [0.25, 0.3) is 0 Å². The summed E-state index contributed by atoms with van der Waals surface area (Å²) in [6.07, 6.45) is 0. The fraction of sp³-hybridized carbons (Fsp3) is 0.214. The quantitative estimate of drug-likeness (QED) is 0.833. The average molecular weight is 262 g/mol. The van der Waals surface area contributed by atoms with Crippen molar-refractivity contribution in [1.29, 1.82) is 0 Å². The number of carbonyl (C=O) groups excluding carboxylic acids is 1. The molecule has 0 bridgehead atoms. The number of nitrogens with one attached hydrogen (secondary N) is 2. The Morgan fingerprint density at radius 1 is 1.37 bits per heavy atom. The highest BCUT2D eigenvalue weighted by Crippen LogP contribution is 2.17. The highest BCUT2D eigenvalue weighted by molar-refractivity contribution is 5.87. The third-order valence-electron chi connectivity index (χ3n) is 2.82. The largest absolute Gasteiger partial charge is 0.464 e. The van der Waals surface area contributed by atoms with Crippen molar-refractivity contribution in [2.75, 3.05) is 12.4 Å². The zero-order valence-corrected chi connectivity index (χ0v) is 10.8. The number of methoxy groups -OCH3 is 1. The fourth-order valence-electron chi connectivity index (χ4n) is 1.75. The van der Waals surface area contributed by atoms with Crippen LogP contribution in [-0.4, -0.2) is 18.1 Å². The van der Waals surface area contributed by atoms with Crippen LogP contribution in [0.2, 0.25) is 0 Å². The van der Waals surface area contributed by atoms with Crippen LogP contribution in [0.3, 0.4) is 0 Å². The van der Waals surface area contributed by atoms with Gasteiger partial charge in [-0.15, -0.1) is 0 Å². The summed E-state index contributed by atoms with van der Waals surface area (Å²) in [6.45, 7) is 2.37. The zero-order valence-electron chi connectivity index (χ0n) is 10.8. The molecule has 1 aromatic carbocycles. The highest BCUT2D eigenvalue weighted by Gasteiger charge is 2.08. The molecule has 0 atom stereocenters. The van der Waals surface area contributed by atoms with E-state index in [-0.39, 0.29) is 5.82 Å². The predicted molar refractivity (Wildman–Crippen MR) is 70.6 cm³/mol. The number of ether oxygens (including phenoxy) is 1. The van der Waals surface area contributed by atoms with Crippen LogP contribution in [0.4, 0.5) is 10.1 Å². The minimum absolute atomic E-state index is 0.283. The molecule has 0 amide bonds. The number of halogens is 1. The molecule has 19 heavy (non-hydrogen) atoms. The minimum atomic E-state index is -0.409. The molecular formula is C14H15FN2O2. The van der Waals surface area contributed by atoms with Crippen molar-refractivity contribution in [2.45, 2.75) is 13.5 Å². The maximum Gasteiger partial charge on any atom is 0.354 e. The van der Waals surface area contributed by atoms with Crippen molar-refractivity contribution in [3.05, 3.63) is 53.1 Å². The van der Waals surface area contributed by atoms with Gasteiger partial charge in [-0.05, 0) is 36.8 Å². The van der Waals surface area contributed by atoms with Crippen molar-refractivity contribution in [3.63, 3.8) is 0 Å². The van der Waals surface area contributed by atoms with Gasteiger partial charge >= 0.3 is 5.97 Å². The van der Waals surface area contributed by atoms with Crippen molar-refractivity contribution in [1.82, 2.24) is 4.98 Å². The van der Waals surface area contributed by atoms with E-state index in [0.717, 1.165) is 16.9 Å². The van der Waals surface area contributed by atoms with E-state index in [4.69, 9.17) is 0 Å². The summed E-state index contributed by atoms with van der Waals surface area (Å²) in [5.74, 6) is -0.692. The van der Waals surface area contributed by atoms with Crippen LogP contribution >= 0.6 is 0 Å². The Labute approximate surface area is 110 Å². The van der Waals surface area contributed by atoms with E-state index in [1.165, 1.54) is 19.2 Å². The molecule has 1 aromatic heterocycles. The Kier molecular flexibility index (Phi) is 3.85. The number of esters is 1. The number of rotatable bonds is 4. The molecule has 2 N–H and O–H groups in total. The summed E-state index contributed by atoms with van der Waals surface area (Å²) in [4.78, 5) is 14.2. The van der Waals surface area contributed by atoms with Crippen LogP contribution in [-0.2, 0) is 11.3 Å². The van der Waals surface area contributed by atoms with Gasteiger partial charge in [0.2, 0.25) is 0 Å². The Morgan fingerprint density at radius 2 is 2.16 bits per heavy atom. The molecule has 0 aliphatic heterocycles. The van der Waals surface area contributed by atoms with Gasteiger partial charge in [0.05, 0.1) is 13.7 Å². The molecule has 100 valence electrons. The molecule has 1 heterocycles. The Bertz CT molecular complexity index is 593. The van der Waals surface area contributed by atoms with Gasteiger partial charge in [-0.25, -0.2) is 9.18 Å². The second-order valence-electron chi connectivity index (χ2n) is 4.20. The summed E-state index contributed by atoms with van der Waals surface area (Å²) >= 11 is 0. The first kappa shape index (κ1) is 13.1. The molecule has 0 saturated heterocycles. The van der Waals surface area contributed by atoms with Crippen LogP contribution in [0, 0.1) is 12.7 Å². The molecule has 0 spiro atoms. The number of H-pyrrole nitrogens is 1. The van der Waals surface area contributed by atoms with Crippen LogP contribution in [0.5, 0.6) is 0 Å². The number of aromatic nitrogens is 1. The van der Waals surface area contributed by atoms with Gasteiger partial charge in [-0.3, -0.25) is 0 Å². The van der Waals surface area contributed by atoms with Crippen LogP contribution < -0.4 is 5.32 Å². The third kappa shape index (κ3) is 3.13. The van der Waals surface area contributed by atoms with Gasteiger partial charge in [-0.2, -0.15) is 0 Å². The van der Waals surface area contributed by atoms with Crippen LogP contribution in [0.25, 0.3) is 0 Å². The molecule has 0 unspecified atom stereocenters. The molecule has 0 aliphatic carbocycles. The van der Waals surface area contributed by atoms with E-state index in [9.17, 15) is 9.18 Å². The monoisotopic (exact) mass is 262 g/mol. The molecule has 2 aromatic rings. The number of benzene rings is 1. The lowest BCUT2D eigenvalue weighted by atomic mass is 10.2. The van der Waals surface area contributed by atoms with Crippen molar-refractivity contribution in [3.8, 4) is 0 Å². The number of aryl methyl sites for hydroxylation is 1. The minimum Gasteiger partial charge on any atom is -0.464 e. The summed E-state index contributed by atoms with van der Waals surface area (Å²) in [5.41, 5.74) is 2.91. The predicted octanol–water partition coefficient (Wildman–Crippen LogP) is 2.86. The van der Waals surface area contributed by atoms with Gasteiger partial charge < -0.3 is 15.0 Å². The van der Waals surface area contributed by atoms with Gasteiger partial charge in [0.1, 0.15) is 11.5 Å². The molecular weight excluding hydrogens is 247 g/mol. The topological polar surface area (TPSA) is 54.1 Å². The van der Waals surface area contributed by atoms with Crippen LogP contribution in [0.15, 0.2) is 30.3 Å². The standard InChI is InChI=1S/C14H15FN2O2/c1-9-3-4-10(15)7-13(9)16-8-11-5-6-12(17-11)14(18)19-2/h3-7,16-17H,8H2,1-2H3. The maximum absolute atomic E-state index is 13.1. The molecule has 2 rings (SSSR count). The molecule has 0 aliphatic rings. The third-order valence-corrected chi connectivity index (χ3v) is 2.82. The van der Waals surface area contributed by atoms with Crippen molar-refractivity contribution < 1.29 is 13.9 Å². The smallest absolute Gasteiger partial charge is 0.354 e. The number of carbonyl (C=O) groups is 1. The summed E-state index contributed by atoms with van der Waals surface area (Å²) in [6, 6.07) is 8.02. The van der Waals surface area contributed by atoms with Gasteiger partial charge in [-0.1, -0.05) is 6.07 Å². The van der Waals surface area contributed by atoms with E-state index in [1.54, 1.807) is 18.2 Å². The number of aromatic amines is 1. The Hall–Kier alpha value is -2.30. The van der Waals surface area contributed by atoms with Crippen LogP contribution in [0.1, 0.15) is 21.7 Å². The van der Waals surface area contributed by atoms with E-state index in [2.05, 4.69) is 15.0 Å². The van der Waals surface area contributed by atoms with Crippen molar-refractivity contribution >= 4 is 11.7 Å². The number of anilines is 1. The number of hydrogen-bond acceptors (Lipinski definition) is 3. The normalized spacial score (nSPS) is 10.3. The first-order chi connectivity index (χ1) is 9.10. The van der Waals surface area contributed by atoms with E-state index in [0.29, 0.717) is 12.2 Å². The lowest BCUT2D eigenvalue weighted by molar-refractivity contribution is 0.0594.